The zero-order valence-corrected chi connectivity index (χ0v) is 13.1. The van der Waals surface area contributed by atoms with Gasteiger partial charge in [0.25, 0.3) is 0 Å². The molecule has 0 aliphatic carbocycles. The summed E-state index contributed by atoms with van der Waals surface area (Å²) >= 11 is 1.59. The van der Waals surface area contributed by atoms with E-state index in [0.29, 0.717) is 17.9 Å². The summed E-state index contributed by atoms with van der Waals surface area (Å²) in [6.45, 7) is 6.35. The van der Waals surface area contributed by atoms with Gasteiger partial charge >= 0.3 is 0 Å². The van der Waals surface area contributed by atoms with E-state index >= 15 is 0 Å². The lowest BCUT2D eigenvalue weighted by atomic mass is 9.87. The van der Waals surface area contributed by atoms with Gasteiger partial charge in [0.1, 0.15) is 5.82 Å². The number of carbonyl (C=O) groups excluding carboxylic acids is 1. The Kier molecular flexibility index (Phi) is 6.49. The van der Waals surface area contributed by atoms with Crippen LogP contribution < -0.4 is 11.1 Å². The smallest absolute Gasteiger partial charge is 0.237 e. The van der Waals surface area contributed by atoms with Crippen molar-refractivity contribution >= 4 is 17.7 Å². The monoisotopic (exact) mass is 298 g/mol. The first-order valence-corrected chi connectivity index (χ1v) is 7.82. The molecular weight excluding hydrogens is 275 g/mol. The van der Waals surface area contributed by atoms with Crippen LogP contribution in [0.1, 0.15) is 26.3 Å². The van der Waals surface area contributed by atoms with E-state index in [-0.39, 0.29) is 17.1 Å². The van der Waals surface area contributed by atoms with Crippen LogP contribution in [0.4, 0.5) is 4.39 Å². The Morgan fingerprint density at radius 2 is 2.05 bits per heavy atom. The minimum Gasteiger partial charge on any atom is -0.354 e. The maximum atomic E-state index is 13.4. The molecule has 3 N–H and O–H groups in total. The molecule has 5 heteroatoms. The molecule has 0 saturated heterocycles. The van der Waals surface area contributed by atoms with E-state index in [4.69, 9.17) is 5.73 Å². The highest BCUT2D eigenvalue weighted by Gasteiger charge is 2.26. The van der Waals surface area contributed by atoms with Crippen LogP contribution in [-0.2, 0) is 10.5 Å². The van der Waals surface area contributed by atoms with Gasteiger partial charge in [-0.15, -0.1) is 0 Å². The maximum absolute atomic E-state index is 13.4. The SMILES string of the molecule is CC(C)(C)[C@H](N)C(=O)NCCSCc1ccccc1F. The molecule has 0 heterocycles. The normalized spacial score (nSPS) is 13.1. The highest BCUT2D eigenvalue weighted by atomic mass is 32.2. The summed E-state index contributed by atoms with van der Waals surface area (Å²) in [5.41, 5.74) is 6.30. The van der Waals surface area contributed by atoms with E-state index < -0.39 is 6.04 Å². The molecule has 1 amide bonds. The Labute approximate surface area is 124 Å². The molecule has 1 rings (SSSR count). The van der Waals surface area contributed by atoms with Gasteiger partial charge in [-0.05, 0) is 17.0 Å². The summed E-state index contributed by atoms with van der Waals surface area (Å²) in [6.07, 6.45) is 0. The number of hydrogen-bond acceptors (Lipinski definition) is 3. The highest BCUT2D eigenvalue weighted by molar-refractivity contribution is 7.98. The minimum absolute atomic E-state index is 0.135. The molecule has 0 fully saturated rings. The molecule has 0 aromatic heterocycles. The highest BCUT2D eigenvalue weighted by Crippen LogP contribution is 2.17. The number of hydrogen-bond donors (Lipinski definition) is 2. The molecule has 0 spiro atoms. The van der Waals surface area contributed by atoms with E-state index in [2.05, 4.69) is 5.32 Å². The Morgan fingerprint density at radius 1 is 1.40 bits per heavy atom. The topological polar surface area (TPSA) is 55.1 Å². The van der Waals surface area contributed by atoms with E-state index in [0.717, 1.165) is 5.75 Å². The first-order chi connectivity index (χ1) is 9.32. The van der Waals surface area contributed by atoms with Gasteiger partial charge in [-0.1, -0.05) is 39.0 Å². The van der Waals surface area contributed by atoms with E-state index in [1.165, 1.54) is 6.07 Å². The van der Waals surface area contributed by atoms with E-state index in [9.17, 15) is 9.18 Å². The van der Waals surface area contributed by atoms with Gasteiger partial charge in [0.2, 0.25) is 5.91 Å². The van der Waals surface area contributed by atoms with Gasteiger partial charge in [0.15, 0.2) is 0 Å². The molecule has 20 heavy (non-hydrogen) atoms. The van der Waals surface area contributed by atoms with Crippen LogP contribution in [0.5, 0.6) is 0 Å². The van der Waals surface area contributed by atoms with Crippen LogP contribution in [-0.4, -0.2) is 24.2 Å². The Bertz CT molecular complexity index is 446. The van der Waals surface area contributed by atoms with Gasteiger partial charge < -0.3 is 11.1 Å². The summed E-state index contributed by atoms with van der Waals surface area (Å²) in [5, 5.41) is 2.81. The zero-order valence-electron chi connectivity index (χ0n) is 12.3. The largest absolute Gasteiger partial charge is 0.354 e. The van der Waals surface area contributed by atoms with Crippen molar-refractivity contribution in [2.24, 2.45) is 11.1 Å². The average molecular weight is 298 g/mol. The third-order valence-electron chi connectivity index (χ3n) is 2.98. The maximum Gasteiger partial charge on any atom is 0.237 e. The average Bonchev–Trinajstić information content (AvgIpc) is 2.38. The number of amides is 1. The molecule has 0 aliphatic heterocycles. The molecule has 0 radical (unpaired) electrons. The molecule has 1 aromatic carbocycles. The number of benzene rings is 1. The second kappa shape index (κ2) is 7.64. The first kappa shape index (κ1) is 17.0. The first-order valence-electron chi connectivity index (χ1n) is 6.67. The van der Waals surface area contributed by atoms with Gasteiger partial charge in [-0.3, -0.25) is 4.79 Å². The van der Waals surface area contributed by atoms with Crippen LogP contribution >= 0.6 is 11.8 Å². The van der Waals surface area contributed by atoms with E-state index in [1.807, 2.05) is 26.8 Å². The van der Waals surface area contributed by atoms with Crippen molar-refractivity contribution in [3.63, 3.8) is 0 Å². The number of nitrogens with two attached hydrogens (primary N) is 1. The quantitative estimate of drug-likeness (QED) is 0.794. The molecule has 0 saturated carbocycles. The van der Waals surface area contributed by atoms with Crippen LogP contribution in [0.3, 0.4) is 0 Å². The van der Waals surface area contributed by atoms with Crippen molar-refractivity contribution < 1.29 is 9.18 Å². The predicted molar refractivity (Wildman–Crippen MR) is 83.0 cm³/mol. The number of nitrogens with one attached hydrogen (secondary N) is 1. The number of carbonyl (C=O) groups is 1. The van der Waals surface area contributed by atoms with Crippen LogP contribution in [0, 0.1) is 11.2 Å². The lowest BCUT2D eigenvalue weighted by molar-refractivity contribution is -0.124. The van der Waals surface area contributed by atoms with Crippen LogP contribution in [0.2, 0.25) is 0 Å². The summed E-state index contributed by atoms with van der Waals surface area (Å²) in [6, 6.07) is 6.22. The Hall–Kier alpha value is -1.07. The predicted octanol–water partition coefficient (Wildman–Crippen LogP) is 2.55. The van der Waals surface area contributed by atoms with Crippen molar-refractivity contribution in [1.29, 1.82) is 0 Å². The number of rotatable bonds is 6. The second-order valence-electron chi connectivity index (χ2n) is 5.78. The molecule has 112 valence electrons. The zero-order chi connectivity index (χ0) is 15.2. The fourth-order valence-electron chi connectivity index (χ4n) is 1.55. The summed E-state index contributed by atoms with van der Waals surface area (Å²) in [7, 11) is 0. The molecular formula is C15H23FN2OS. The Balaban J connectivity index is 2.23. The van der Waals surface area contributed by atoms with Crippen molar-refractivity contribution in [2.75, 3.05) is 12.3 Å². The van der Waals surface area contributed by atoms with Gasteiger partial charge in [-0.25, -0.2) is 4.39 Å². The molecule has 1 atom stereocenters. The Morgan fingerprint density at radius 3 is 2.65 bits per heavy atom. The summed E-state index contributed by atoms with van der Waals surface area (Å²) in [5.74, 6) is 1.02. The van der Waals surface area contributed by atoms with Crippen molar-refractivity contribution in [1.82, 2.24) is 5.32 Å². The second-order valence-corrected chi connectivity index (χ2v) is 6.88. The van der Waals surface area contributed by atoms with Crippen molar-refractivity contribution in [3.8, 4) is 0 Å². The van der Waals surface area contributed by atoms with Gasteiger partial charge in [0.05, 0.1) is 6.04 Å². The number of thioether (sulfide) groups is 1. The molecule has 1 aromatic rings. The third-order valence-corrected chi connectivity index (χ3v) is 3.98. The summed E-state index contributed by atoms with van der Waals surface area (Å²) in [4.78, 5) is 11.8. The molecule has 0 bridgehead atoms. The summed E-state index contributed by atoms with van der Waals surface area (Å²) < 4.78 is 13.4. The van der Waals surface area contributed by atoms with E-state index in [1.54, 1.807) is 23.9 Å². The molecule has 0 aliphatic rings. The van der Waals surface area contributed by atoms with Gasteiger partial charge in [0, 0.05) is 18.1 Å². The molecule has 3 nitrogen and oxygen atoms in total. The van der Waals surface area contributed by atoms with Gasteiger partial charge in [-0.2, -0.15) is 11.8 Å². The van der Waals surface area contributed by atoms with Crippen molar-refractivity contribution in [3.05, 3.63) is 35.6 Å². The standard InChI is InChI=1S/C15H23FN2OS/c1-15(2,3)13(17)14(19)18-8-9-20-10-11-6-4-5-7-12(11)16/h4-7,13H,8-10,17H2,1-3H3,(H,18,19)/t13-/m1/s1. The van der Waals surface area contributed by atoms with Crippen LogP contribution in [0.25, 0.3) is 0 Å². The molecule has 0 unspecified atom stereocenters. The lowest BCUT2D eigenvalue weighted by Crippen LogP contribution is -2.49. The minimum atomic E-state index is -0.515. The third kappa shape index (κ3) is 5.51. The lowest BCUT2D eigenvalue weighted by Gasteiger charge is -2.25. The van der Waals surface area contributed by atoms with Crippen molar-refractivity contribution in [2.45, 2.75) is 32.6 Å². The number of halogens is 1. The van der Waals surface area contributed by atoms with Crippen LogP contribution in [0.15, 0.2) is 24.3 Å². The fraction of sp³-hybridized carbons (Fsp3) is 0.533. The fourth-order valence-corrected chi connectivity index (χ4v) is 2.39.